The number of benzene rings is 4. The predicted octanol–water partition coefficient (Wildman–Crippen LogP) is 6.48. The van der Waals surface area contributed by atoms with Gasteiger partial charge in [0.1, 0.15) is 17.2 Å². The Balaban J connectivity index is 1.80. The Morgan fingerprint density at radius 3 is 1.28 bits per heavy atom. The third-order valence-corrected chi connectivity index (χ3v) is 6.64. The summed E-state index contributed by atoms with van der Waals surface area (Å²) < 4.78 is 0. The lowest BCUT2D eigenvalue weighted by molar-refractivity contribution is 0.472. The van der Waals surface area contributed by atoms with Crippen LogP contribution in [0.2, 0.25) is 0 Å². The molecule has 0 fully saturated rings. The highest BCUT2D eigenvalue weighted by atomic mass is 16.3. The molecule has 32 heavy (non-hydrogen) atoms. The van der Waals surface area contributed by atoms with Crippen molar-refractivity contribution in [2.75, 3.05) is 0 Å². The van der Waals surface area contributed by atoms with Crippen molar-refractivity contribution in [3.63, 3.8) is 0 Å². The predicted molar refractivity (Wildman–Crippen MR) is 128 cm³/mol. The minimum Gasteiger partial charge on any atom is -0.508 e. The summed E-state index contributed by atoms with van der Waals surface area (Å²) in [6, 6.07) is 30.5. The van der Waals surface area contributed by atoms with Crippen molar-refractivity contribution in [1.82, 2.24) is 0 Å². The average Bonchev–Trinajstić information content (AvgIpc) is 2.79. The van der Waals surface area contributed by atoms with E-state index in [4.69, 9.17) is 0 Å². The minimum absolute atomic E-state index is 0.227. The van der Waals surface area contributed by atoms with Crippen LogP contribution in [0, 0.1) is 0 Å². The van der Waals surface area contributed by atoms with Gasteiger partial charge in [-0.15, -0.1) is 0 Å². The molecule has 0 atom stereocenters. The van der Waals surface area contributed by atoms with Crippen molar-refractivity contribution in [3.8, 4) is 17.2 Å². The molecule has 0 aromatic heterocycles. The Labute approximate surface area is 189 Å². The van der Waals surface area contributed by atoms with Gasteiger partial charge in [0.2, 0.25) is 0 Å². The maximum Gasteiger partial charge on any atom is 0.115 e. The molecule has 0 aliphatic rings. The summed E-state index contributed by atoms with van der Waals surface area (Å²) in [7, 11) is 0. The fraction of sp³-hybridized carbons (Fsp3) is 0.172. The van der Waals surface area contributed by atoms with E-state index in [-0.39, 0.29) is 22.7 Å². The summed E-state index contributed by atoms with van der Waals surface area (Å²) in [6.07, 6.45) is 0. The third kappa shape index (κ3) is 3.82. The number of hydrogen-bond acceptors (Lipinski definition) is 3. The van der Waals surface area contributed by atoms with Crippen molar-refractivity contribution in [3.05, 3.63) is 125 Å². The zero-order valence-corrected chi connectivity index (χ0v) is 18.6. The highest BCUT2D eigenvalue weighted by molar-refractivity contribution is 5.52. The highest BCUT2D eigenvalue weighted by Gasteiger charge is 2.32. The normalized spacial score (nSPS) is 12.0. The summed E-state index contributed by atoms with van der Waals surface area (Å²) in [5, 5.41) is 29.5. The standard InChI is InChI=1S/C29H28O3/c1-28(2,24-5-4-6-27(32)19-24)20-7-9-21(10-8-20)29(3,22-11-15-25(30)16-12-22)23-13-17-26(31)18-14-23/h4-19,30-32H,1-3H3. The second-order valence-corrected chi connectivity index (χ2v) is 8.97. The first-order valence-corrected chi connectivity index (χ1v) is 10.7. The van der Waals surface area contributed by atoms with Crippen LogP contribution in [0.5, 0.6) is 17.2 Å². The van der Waals surface area contributed by atoms with Crippen LogP contribution in [-0.2, 0) is 10.8 Å². The molecule has 3 heteroatoms. The van der Waals surface area contributed by atoms with Crippen molar-refractivity contribution in [1.29, 1.82) is 0 Å². The lowest BCUT2D eigenvalue weighted by Crippen LogP contribution is -2.26. The zero-order valence-electron chi connectivity index (χ0n) is 18.6. The molecular formula is C29H28O3. The van der Waals surface area contributed by atoms with Gasteiger partial charge in [-0.25, -0.2) is 0 Å². The van der Waals surface area contributed by atoms with E-state index in [2.05, 4.69) is 45.0 Å². The number of rotatable bonds is 5. The summed E-state index contributed by atoms with van der Waals surface area (Å²) in [4.78, 5) is 0. The summed E-state index contributed by atoms with van der Waals surface area (Å²) in [6.45, 7) is 6.45. The molecule has 0 radical (unpaired) electrons. The van der Waals surface area contributed by atoms with Gasteiger partial charge in [0.25, 0.3) is 0 Å². The maximum absolute atomic E-state index is 9.93. The molecule has 0 spiro atoms. The third-order valence-electron chi connectivity index (χ3n) is 6.64. The Morgan fingerprint density at radius 2 is 0.844 bits per heavy atom. The van der Waals surface area contributed by atoms with Gasteiger partial charge >= 0.3 is 0 Å². The van der Waals surface area contributed by atoms with Gasteiger partial charge in [0.15, 0.2) is 0 Å². The Morgan fingerprint density at radius 1 is 0.438 bits per heavy atom. The van der Waals surface area contributed by atoms with Crippen molar-refractivity contribution < 1.29 is 15.3 Å². The van der Waals surface area contributed by atoms with Crippen molar-refractivity contribution in [2.24, 2.45) is 0 Å². The van der Waals surface area contributed by atoms with E-state index in [0.717, 1.165) is 27.8 Å². The molecular weight excluding hydrogens is 396 g/mol. The van der Waals surface area contributed by atoms with E-state index in [1.165, 1.54) is 0 Å². The molecule has 0 heterocycles. The van der Waals surface area contributed by atoms with Crippen molar-refractivity contribution in [2.45, 2.75) is 31.6 Å². The number of phenolic OH excluding ortho intramolecular Hbond substituents is 3. The summed E-state index contributed by atoms with van der Waals surface area (Å²) in [5.41, 5.74) is 4.63. The summed E-state index contributed by atoms with van der Waals surface area (Å²) >= 11 is 0. The van der Waals surface area contributed by atoms with Crippen LogP contribution in [0.25, 0.3) is 0 Å². The Bertz CT molecular complexity index is 1160. The lowest BCUT2D eigenvalue weighted by atomic mass is 9.70. The van der Waals surface area contributed by atoms with Gasteiger partial charge < -0.3 is 15.3 Å². The SMILES string of the molecule is CC(C)(c1ccc(C(C)(c2ccc(O)cc2)c2ccc(O)cc2)cc1)c1cccc(O)c1. The maximum atomic E-state index is 9.93. The van der Waals surface area contributed by atoms with Gasteiger partial charge in [-0.05, 0) is 71.1 Å². The largest absolute Gasteiger partial charge is 0.508 e. The van der Waals surface area contributed by atoms with Gasteiger partial charge in [-0.2, -0.15) is 0 Å². The average molecular weight is 425 g/mol. The molecule has 0 aliphatic heterocycles. The van der Waals surface area contributed by atoms with Gasteiger partial charge in [-0.3, -0.25) is 0 Å². The summed E-state index contributed by atoms with van der Waals surface area (Å²) in [5.74, 6) is 0.717. The smallest absolute Gasteiger partial charge is 0.115 e. The van der Waals surface area contributed by atoms with E-state index in [9.17, 15) is 15.3 Å². The molecule has 162 valence electrons. The van der Waals surface area contributed by atoms with Crippen LogP contribution >= 0.6 is 0 Å². The first-order chi connectivity index (χ1) is 15.2. The number of phenols is 3. The van der Waals surface area contributed by atoms with E-state index in [0.29, 0.717) is 0 Å². The lowest BCUT2D eigenvalue weighted by Gasteiger charge is -2.33. The van der Waals surface area contributed by atoms with Crippen LogP contribution in [0.1, 0.15) is 48.6 Å². The molecule has 0 bridgehead atoms. The molecule has 0 saturated heterocycles. The number of aromatic hydroxyl groups is 3. The van der Waals surface area contributed by atoms with Crippen LogP contribution in [0.4, 0.5) is 0 Å². The monoisotopic (exact) mass is 424 g/mol. The number of hydrogen-bond donors (Lipinski definition) is 3. The fourth-order valence-electron chi connectivity index (χ4n) is 4.37. The first-order valence-electron chi connectivity index (χ1n) is 10.7. The molecule has 4 rings (SSSR count). The second kappa shape index (κ2) is 8.08. The molecule has 0 unspecified atom stereocenters. The van der Waals surface area contributed by atoms with Crippen LogP contribution in [0.3, 0.4) is 0 Å². The molecule has 4 aromatic carbocycles. The zero-order chi connectivity index (χ0) is 22.9. The van der Waals surface area contributed by atoms with Crippen molar-refractivity contribution >= 4 is 0 Å². The fourth-order valence-corrected chi connectivity index (χ4v) is 4.37. The Hall–Kier alpha value is -3.72. The van der Waals surface area contributed by atoms with E-state index in [1.54, 1.807) is 30.3 Å². The van der Waals surface area contributed by atoms with Gasteiger partial charge in [-0.1, -0.05) is 74.5 Å². The van der Waals surface area contributed by atoms with E-state index >= 15 is 0 Å². The van der Waals surface area contributed by atoms with Crippen LogP contribution < -0.4 is 0 Å². The van der Waals surface area contributed by atoms with Gasteiger partial charge in [0.05, 0.1) is 0 Å². The second-order valence-electron chi connectivity index (χ2n) is 8.97. The van der Waals surface area contributed by atoms with Gasteiger partial charge in [0, 0.05) is 10.8 Å². The minimum atomic E-state index is -0.477. The van der Waals surface area contributed by atoms with E-state index < -0.39 is 5.41 Å². The quantitative estimate of drug-likeness (QED) is 0.321. The first kappa shape index (κ1) is 21.5. The highest BCUT2D eigenvalue weighted by Crippen LogP contribution is 2.41. The molecule has 3 N–H and O–H groups in total. The molecule has 3 nitrogen and oxygen atoms in total. The Kier molecular flexibility index (Phi) is 5.43. The van der Waals surface area contributed by atoms with E-state index in [1.807, 2.05) is 42.5 Å². The topological polar surface area (TPSA) is 60.7 Å². The van der Waals surface area contributed by atoms with Crippen LogP contribution in [-0.4, -0.2) is 15.3 Å². The van der Waals surface area contributed by atoms with Crippen LogP contribution in [0.15, 0.2) is 97.1 Å². The molecule has 4 aromatic rings. The molecule has 0 saturated carbocycles. The molecule has 0 aliphatic carbocycles. The molecule has 0 amide bonds.